The Hall–Kier alpha value is -1.63. The first kappa shape index (κ1) is 19.7. The molecule has 1 aliphatic rings. The average molecular weight is 385 g/mol. The molecule has 1 aliphatic heterocycles. The Balaban J connectivity index is 0.00000225. The van der Waals surface area contributed by atoms with Crippen LogP contribution in [0.4, 0.5) is 0 Å². The average Bonchev–Trinajstić information content (AvgIpc) is 3.25. The maximum absolute atomic E-state index is 11.8. The third kappa shape index (κ3) is 5.99. The Morgan fingerprint density at radius 2 is 2.16 bits per heavy atom. The number of benzene rings is 1. The van der Waals surface area contributed by atoms with Crippen molar-refractivity contribution in [1.29, 1.82) is 0 Å². The van der Waals surface area contributed by atoms with Crippen molar-refractivity contribution in [3.05, 3.63) is 35.2 Å². The number of hydrogen-bond acceptors (Lipinski definition) is 5. The van der Waals surface area contributed by atoms with E-state index >= 15 is 0 Å². The van der Waals surface area contributed by atoms with Gasteiger partial charge in [-0.25, -0.2) is 0 Å². The second-order valence-corrected chi connectivity index (χ2v) is 6.41. The molecule has 2 N–H and O–H groups in total. The maximum atomic E-state index is 11.8. The van der Waals surface area contributed by atoms with Crippen LogP contribution in [0.2, 0.25) is 5.02 Å². The van der Waals surface area contributed by atoms with E-state index in [-0.39, 0.29) is 18.3 Å². The SMILES string of the molecule is Cl.O=C(CCCc1nc(-c2ccc(Cl)cc2)no1)NCC1CCCN1. The topological polar surface area (TPSA) is 80.0 Å². The summed E-state index contributed by atoms with van der Waals surface area (Å²) in [6.45, 7) is 1.76. The molecule has 0 saturated carbocycles. The van der Waals surface area contributed by atoms with Crippen molar-refractivity contribution in [1.82, 2.24) is 20.8 Å². The van der Waals surface area contributed by atoms with Crippen molar-refractivity contribution in [3.8, 4) is 11.4 Å². The number of nitrogens with zero attached hydrogens (tertiary/aromatic N) is 2. The highest BCUT2D eigenvalue weighted by Gasteiger charge is 2.15. The second-order valence-electron chi connectivity index (χ2n) is 5.97. The molecule has 1 atom stereocenters. The number of amides is 1. The molecule has 1 amide bonds. The van der Waals surface area contributed by atoms with E-state index in [0.717, 1.165) is 18.5 Å². The second kappa shape index (κ2) is 9.75. The summed E-state index contributed by atoms with van der Waals surface area (Å²) in [5, 5.41) is 11.0. The lowest BCUT2D eigenvalue weighted by Gasteiger charge is -2.10. The van der Waals surface area contributed by atoms with Crippen LogP contribution in [0.25, 0.3) is 11.4 Å². The summed E-state index contributed by atoms with van der Waals surface area (Å²) < 4.78 is 5.24. The van der Waals surface area contributed by atoms with E-state index in [1.807, 2.05) is 12.1 Å². The van der Waals surface area contributed by atoms with Gasteiger partial charge in [0, 0.05) is 36.0 Å². The number of rotatable bonds is 7. The van der Waals surface area contributed by atoms with E-state index in [1.54, 1.807) is 12.1 Å². The van der Waals surface area contributed by atoms with E-state index in [4.69, 9.17) is 16.1 Å². The predicted molar refractivity (Wildman–Crippen MR) is 99.0 cm³/mol. The lowest BCUT2D eigenvalue weighted by molar-refractivity contribution is -0.121. The Kier molecular flexibility index (Phi) is 7.68. The van der Waals surface area contributed by atoms with Gasteiger partial charge in [-0.15, -0.1) is 12.4 Å². The molecule has 0 radical (unpaired) electrons. The number of hydrogen-bond donors (Lipinski definition) is 2. The first-order valence-corrected chi connectivity index (χ1v) is 8.67. The van der Waals surface area contributed by atoms with Crippen molar-refractivity contribution >= 4 is 29.9 Å². The Bertz CT molecular complexity index is 670. The van der Waals surface area contributed by atoms with Gasteiger partial charge in [-0.3, -0.25) is 4.79 Å². The van der Waals surface area contributed by atoms with Crippen LogP contribution in [0, 0.1) is 0 Å². The van der Waals surface area contributed by atoms with Crippen molar-refractivity contribution in [3.63, 3.8) is 0 Å². The standard InChI is InChI=1S/C17H21ClN4O2.ClH/c18-13-8-6-12(7-9-13)17-21-16(24-22-17)5-1-4-15(23)20-11-14-3-2-10-19-14;/h6-9,14,19H,1-5,10-11H2,(H,20,23);1H. The highest BCUT2D eigenvalue weighted by Crippen LogP contribution is 2.19. The van der Waals surface area contributed by atoms with E-state index in [1.165, 1.54) is 6.42 Å². The molecule has 1 aromatic carbocycles. The minimum atomic E-state index is 0. The molecule has 25 heavy (non-hydrogen) atoms. The maximum Gasteiger partial charge on any atom is 0.226 e. The molecule has 0 bridgehead atoms. The van der Waals surface area contributed by atoms with E-state index in [2.05, 4.69) is 20.8 Å². The normalized spacial score (nSPS) is 16.4. The predicted octanol–water partition coefficient (Wildman–Crippen LogP) is 3.00. The van der Waals surface area contributed by atoms with Crippen molar-refractivity contribution in [2.24, 2.45) is 0 Å². The van der Waals surface area contributed by atoms with Gasteiger partial charge in [-0.05, 0) is 50.1 Å². The number of aromatic nitrogens is 2. The number of nitrogens with one attached hydrogen (secondary N) is 2. The largest absolute Gasteiger partial charge is 0.355 e. The first-order chi connectivity index (χ1) is 11.7. The quantitative estimate of drug-likeness (QED) is 0.766. The van der Waals surface area contributed by atoms with Crippen LogP contribution in [-0.2, 0) is 11.2 Å². The van der Waals surface area contributed by atoms with Crippen LogP contribution in [0.3, 0.4) is 0 Å². The first-order valence-electron chi connectivity index (χ1n) is 8.29. The molecular weight excluding hydrogens is 363 g/mol. The third-order valence-corrected chi connectivity index (χ3v) is 4.32. The van der Waals surface area contributed by atoms with Gasteiger partial charge in [-0.1, -0.05) is 16.8 Å². The summed E-state index contributed by atoms with van der Waals surface area (Å²) in [5.41, 5.74) is 0.858. The molecule has 8 heteroatoms. The molecule has 1 aromatic heterocycles. The minimum Gasteiger partial charge on any atom is -0.355 e. The molecule has 2 heterocycles. The molecule has 6 nitrogen and oxygen atoms in total. The summed E-state index contributed by atoms with van der Waals surface area (Å²) in [6.07, 6.45) is 4.07. The Labute approximate surface area is 158 Å². The van der Waals surface area contributed by atoms with Crippen LogP contribution < -0.4 is 10.6 Å². The van der Waals surface area contributed by atoms with Crippen LogP contribution >= 0.6 is 24.0 Å². The Morgan fingerprint density at radius 3 is 2.88 bits per heavy atom. The third-order valence-electron chi connectivity index (χ3n) is 4.07. The van der Waals surface area contributed by atoms with Crippen LogP contribution in [0.15, 0.2) is 28.8 Å². The van der Waals surface area contributed by atoms with Crippen LogP contribution in [-0.4, -0.2) is 35.2 Å². The zero-order valence-corrected chi connectivity index (χ0v) is 15.4. The van der Waals surface area contributed by atoms with E-state index in [0.29, 0.717) is 48.6 Å². The number of aryl methyl sites for hydroxylation is 1. The fraction of sp³-hybridized carbons (Fsp3) is 0.471. The summed E-state index contributed by atoms with van der Waals surface area (Å²) in [4.78, 5) is 16.2. The number of carbonyl (C=O) groups is 1. The van der Waals surface area contributed by atoms with Crippen molar-refractivity contribution in [2.75, 3.05) is 13.1 Å². The Morgan fingerprint density at radius 1 is 1.36 bits per heavy atom. The minimum absolute atomic E-state index is 0. The molecule has 3 rings (SSSR count). The molecule has 0 aliphatic carbocycles. The zero-order valence-electron chi connectivity index (χ0n) is 13.8. The monoisotopic (exact) mass is 384 g/mol. The lowest BCUT2D eigenvalue weighted by Crippen LogP contribution is -2.37. The van der Waals surface area contributed by atoms with Gasteiger partial charge in [0.1, 0.15) is 0 Å². The lowest BCUT2D eigenvalue weighted by atomic mass is 10.2. The number of halogens is 2. The number of carbonyl (C=O) groups excluding carboxylic acids is 1. The fourth-order valence-corrected chi connectivity index (χ4v) is 2.86. The van der Waals surface area contributed by atoms with Crippen molar-refractivity contribution in [2.45, 2.75) is 38.1 Å². The van der Waals surface area contributed by atoms with Gasteiger partial charge in [0.2, 0.25) is 17.6 Å². The molecule has 1 saturated heterocycles. The molecule has 0 spiro atoms. The van der Waals surface area contributed by atoms with E-state index in [9.17, 15) is 4.79 Å². The van der Waals surface area contributed by atoms with Crippen LogP contribution in [0.5, 0.6) is 0 Å². The van der Waals surface area contributed by atoms with Gasteiger partial charge >= 0.3 is 0 Å². The van der Waals surface area contributed by atoms with Crippen LogP contribution in [0.1, 0.15) is 31.6 Å². The molecule has 1 fully saturated rings. The highest BCUT2D eigenvalue weighted by molar-refractivity contribution is 6.30. The van der Waals surface area contributed by atoms with Gasteiger partial charge in [-0.2, -0.15) is 4.98 Å². The molecule has 1 unspecified atom stereocenters. The summed E-state index contributed by atoms with van der Waals surface area (Å²) in [5.74, 6) is 1.16. The summed E-state index contributed by atoms with van der Waals surface area (Å²) >= 11 is 5.86. The summed E-state index contributed by atoms with van der Waals surface area (Å²) in [7, 11) is 0. The zero-order chi connectivity index (χ0) is 16.8. The van der Waals surface area contributed by atoms with E-state index < -0.39 is 0 Å². The molecule has 2 aromatic rings. The summed E-state index contributed by atoms with van der Waals surface area (Å²) in [6, 6.07) is 7.70. The van der Waals surface area contributed by atoms with Gasteiger partial charge in [0.05, 0.1) is 0 Å². The highest BCUT2D eigenvalue weighted by atomic mass is 35.5. The fourth-order valence-electron chi connectivity index (χ4n) is 2.73. The van der Waals surface area contributed by atoms with Crippen molar-refractivity contribution < 1.29 is 9.32 Å². The smallest absolute Gasteiger partial charge is 0.226 e. The van der Waals surface area contributed by atoms with Gasteiger partial charge in [0.15, 0.2) is 0 Å². The molecule has 136 valence electrons. The van der Waals surface area contributed by atoms with Gasteiger partial charge in [0.25, 0.3) is 0 Å². The molecular formula is C17H22Cl2N4O2. The van der Waals surface area contributed by atoms with Gasteiger partial charge < -0.3 is 15.2 Å².